The van der Waals surface area contributed by atoms with Crippen LogP contribution in [0.5, 0.6) is 5.75 Å². The SMILES string of the molecule is CCOc1cccc(-c2noc(-c3cc(C#N)c[nH]3)n2)c1. The van der Waals surface area contributed by atoms with Crippen molar-refractivity contribution >= 4 is 0 Å². The highest BCUT2D eigenvalue weighted by atomic mass is 16.5. The minimum absolute atomic E-state index is 0.341. The first-order chi connectivity index (χ1) is 10.3. The molecule has 0 aliphatic carbocycles. The summed E-state index contributed by atoms with van der Waals surface area (Å²) in [6.07, 6.45) is 1.59. The van der Waals surface area contributed by atoms with Gasteiger partial charge in [-0.2, -0.15) is 10.2 Å². The largest absolute Gasteiger partial charge is 0.494 e. The van der Waals surface area contributed by atoms with E-state index in [0.717, 1.165) is 11.3 Å². The molecule has 3 rings (SSSR count). The Morgan fingerprint density at radius 1 is 1.38 bits per heavy atom. The summed E-state index contributed by atoms with van der Waals surface area (Å²) in [6.45, 7) is 2.53. The molecule has 1 N–H and O–H groups in total. The van der Waals surface area contributed by atoms with Crippen LogP contribution in [-0.4, -0.2) is 21.7 Å². The molecule has 2 heterocycles. The minimum atomic E-state index is 0.341. The third-order valence-corrected chi connectivity index (χ3v) is 2.87. The van der Waals surface area contributed by atoms with E-state index in [1.807, 2.05) is 37.3 Å². The summed E-state index contributed by atoms with van der Waals surface area (Å²) in [6, 6.07) is 11.2. The van der Waals surface area contributed by atoms with Gasteiger partial charge in [0.05, 0.1) is 12.2 Å². The Morgan fingerprint density at radius 3 is 3.05 bits per heavy atom. The molecule has 0 saturated carbocycles. The number of nitrogens with one attached hydrogen (secondary N) is 1. The Morgan fingerprint density at radius 2 is 2.29 bits per heavy atom. The predicted molar refractivity (Wildman–Crippen MR) is 75.4 cm³/mol. The molecule has 0 spiro atoms. The van der Waals surface area contributed by atoms with Gasteiger partial charge >= 0.3 is 0 Å². The van der Waals surface area contributed by atoms with Crippen LogP contribution in [0.15, 0.2) is 41.1 Å². The molecule has 1 aromatic carbocycles. The number of nitriles is 1. The summed E-state index contributed by atoms with van der Waals surface area (Å²) in [7, 11) is 0. The molecule has 0 radical (unpaired) electrons. The van der Waals surface area contributed by atoms with Crippen LogP contribution in [0.4, 0.5) is 0 Å². The lowest BCUT2D eigenvalue weighted by atomic mass is 10.2. The van der Waals surface area contributed by atoms with Gasteiger partial charge < -0.3 is 14.2 Å². The summed E-state index contributed by atoms with van der Waals surface area (Å²) >= 11 is 0. The van der Waals surface area contributed by atoms with Gasteiger partial charge in [0.25, 0.3) is 5.89 Å². The lowest BCUT2D eigenvalue weighted by Crippen LogP contribution is -1.91. The molecule has 21 heavy (non-hydrogen) atoms. The number of rotatable bonds is 4. The molecule has 0 saturated heterocycles. The highest BCUT2D eigenvalue weighted by Crippen LogP contribution is 2.24. The van der Waals surface area contributed by atoms with E-state index in [4.69, 9.17) is 14.5 Å². The summed E-state index contributed by atoms with van der Waals surface area (Å²) in [5.41, 5.74) is 1.94. The molecular weight excluding hydrogens is 268 g/mol. The average Bonchev–Trinajstić information content (AvgIpc) is 3.17. The van der Waals surface area contributed by atoms with Crippen molar-refractivity contribution in [2.45, 2.75) is 6.92 Å². The fourth-order valence-corrected chi connectivity index (χ4v) is 1.92. The van der Waals surface area contributed by atoms with E-state index in [1.165, 1.54) is 0 Å². The molecule has 0 amide bonds. The van der Waals surface area contributed by atoms with Gasteiger partial charge in [0, 0.05) is 11.8 Å². The van der Waals surface area contributed by atoms with E-state index < -0.39 is 0 Å². The van der Waals surface area contributed by atoms with Crippen molar-refractivity contribution in [1.29, 1.82) is 5.26 Å². The molecule has 2 aromatic heterocycles. The van der Waals surface area contributed by atoms with Crippen molar-refractivity contribution in [3.8, 4) is 34.8 Å². The molecule has 0 bridgehead atoms. The molecule has 0 atom stereocenters. The maximum atomic E-state index is 8.81. The van der Waals surface area contributed by atoms with Crippen LogP contribution in [0.2, 0.25) is 0 Å². The topological polar surface area (TPSA) is 87.7 Å². The van der Waals surface area contributed by atoms with Gasteiger partial charge in [-0.25, -0.2) is 0 Å². The summed E-state index contributed by atoms with van der Waals surface area (Å²) < 4.78 is 10.7. The van der Waals surface area contributed by atoms with E-state index in [9.17, 15) is 0 Å². The number of hydrogen-bond acceptors (Lipinski definition) is 5. The Bertz CT molecular complexity index is 798. The molecule has 0 unspecified atom stereocenters. The summed E-state index contributed by atoms with van der Waals surface area (Å²) in [5, 5.41) is 12.8. The maximum absolute atomic E-state index is 8.81. The summed E-state index contributed by atoms with van der Waals surface area (Å²) in [4.78, 5) is 7.25. The first-order valence-electron chi connectivity index (χ1n) is 6.46. The zero-order valence-corrected chi connectivity index (χ0v) is 11.3. The van der Waals surface area contributed by atoms with Crippen molar-refractivity contribution in [1.82, 2.24) is 15.1 Å². The minimum Gasteiger partial charge on any atom is -0.494 e. The van der Waals surface area contributed by atoms with Crippen molar-refractivity contribution in [3.63, 3.8) is 0 Å². The fraction of sp³-hybridized carbons (Fsp3) is 0.133. The molecule has 6 heteroatoms. The number of aromatic amines is 1. The van der Waals surface area contributed by atoms with Crippen LogP contribution in [0.25, 0.3) is 23.0 Å². The first kappa shape index (κ1) is 12.9. The van der Waals surface area contributed by atoms with Gasteiger partial charge in [0.15, 0.2) is 0 Å². The molecule has 104 valence electrons. The second-order valence-corrected chi connectivity index (χ2v) is 4.30. The number of ether oxygens (including phenoxy) is 1. The second-order valence-electron chi connectivity index (χ2n) is 4.30. The average molecular weight is 280 g/mol. The highest BCUT2D eigenvalue weighted by molar-refractivity contribution is 5.60. The van der Waals surface area contributed by atoms with Crippen molar-refractivity contribution in [2.24, 2.45) is 0 Å². The number of nitrogens with zero attached hydrogens (tertiary/aromatic N) is 3. The van der Waals surface area contributed by atoms with Crippen molar-refractivity contribution < 1.29 is 9.26 Å². The lowest BCUT2D eigenvalue weighted by molar-refractivity contribution is 0.340. The van der Waals surface area contributed by atoms with E-state index in [1.54, 1.807) is 12.3 Å². The van der Waals surface area contributed by atoms with Gasteiger partial charge in [0.2, 0.25) is 5.82 Å². The first-order valence-corrected chi connectivity index (χ1v) is 6.46. The third-order valence-electron chi connectivity index (χ3n) is 2.87. The van der Waals surface area contributed by atoms with E-state index in [0.29, 0.717) is 29.6 Å². The normalized spacial score (nSPS) is 10.3. The molecule has 0 aliphatic rings. The quantitative estimate of drug-likeness (QED) is 0.793. The number of aromatic nitrogens is 3. The fourth-order valence-electron chi connectivity index (χ4n) is 1.92. The lowest BCUT2D eigenvalue weighted by Gasteiger charge is -2.02. The van der Waals surface area contributed by atoms with Gasteiger partial charge in [-0.15, -0.1) is 0 Å². The summed E-state index contributed by atoms with van der Waals surface area (Å²) in [5.74, 6) is 1.57. The van der Waals surface area contributed by atoms with Gasteiger partial charge in [-0.05, 0) is 25.1 Å². The van der Waals surface area contributed by atoms with E-state index in [-0.39, 0.29) is 0 Å². The Kier molecular flexibility index (Phi) is 3.39. The number of H-pyrrole nitrogens is 1. The van der Waals surface area contributed by atoms with Gasteiger partial charge in [-0.3, -0.25) is 0 Å². The van der Waals surface area contributed by atoms with E-state index >= 15 is 0 Å². The van der Waals surface area contributed by atoms with Crippen LogP contribution in [0.3, 0.4) is 0 Å². The number of hydrogen-bond donors (Lipinski definition) is 1. The maximum Gasteiger partial charge on any atom is 0.274 e. The molecule has 0 fully saturated rings. The zero-order chi connectivity index (χ0) is 14.7. The Hall–Kier alpha value is -3.07. The van der Waals surface area contributed by atoms with Gasteiger partial charge in [-0.1, -0.05) is 17.3 Å². The van der Waals surface area contributed by atoms with Crippen molar-refractivity contribution in [2.75, 3.05) is 6.61 Å². The second kappa shape index (κ2) is 5.51. The number of benzene rings is 1. The van der Waals surface area contributed by atoms with Crippen LogP contribution in [-0.2, 0) is 0 Å². The monoisotopic (exact) mass is 280 g/mol. The predicted octanol–water partition coefficient (Wildman–Crippen LogP) is 3.00. The van der Waals surface area contributed by atoms with Gasteiger partial charge in [0.1, 0.15) is 17.5 Å². The standard InChI is InChI=1S/C15H12N4O2/c1-2-20-12-5-3-4-11(7-12)14-18-15(21-19-14)13-6-10(8-16)9-17-13/h3-7,9,17H,2H2,1H3. The Balaban J connectivity index is 1.91. The van der Waals surface area contributed by atoms with E-state index in [2.05, 4.69) is 15.1 Å². The van der Waals surface area contributed by atoms with Crippen LogP contribution in [0.1, 0.15) is 12.5 Å². The van der Waals surface area contributed by atoms with Crippen LogP contribution >= 0.6 is 0 Å². The smallest absolute Gasteiger partial charge is 0.274 e. The molecule has 0 aliphatic heterocycles. The van der Waals surface area contributed by atoms with Crippen LogP contribution < -0.4 is 4.74 Å². The highest BCUT2D eigenvalue weighted by Gasteiger charge is 2.12. The Labute approximate surface area is 121 Å². The van der Waals surface area contributed by atoms with Crippen LogP contribution in [0, 0.1) is 11.3 Å². The van der Waals surface area contributed by atoms with Crippen molar-refractivity contribution in [3.05, 3.63) is 42.1 Å². The zero-order valence-electron chi connectivity index (χ0n) is 11.3. The molecular formula is C15H12N4O2. The third kappa shape index (κ3) is 2.62. The molecule has 6 nitrogen and oxygen atoms in total. The molecule has 3 aromatic rings.